The van der Waals surface area contributed by atoms with Gasteiger partial charge in [-0.1, -0.05) is 0 Å². The lowest BCUT2D eigenvalue weighted by Crippen LogP contribution is -2.43. The van der Waals surface area contributed by atoms with E-state index >= 15 is 0 Å². The predicted molar refractivity (Wildman–Crippen MR) is 54.2 cm³/mol. The smallest absolute Gasteiger partial charge is 0.223 e. The van der Waals surface area contributed by atoms with Gasteiger partial charge in [-0.3, -0.25) is 0 Å². The summed E-state index contributed by atoms with van der Waals surface area (Å²) in [5.74, 6) is 0.631. The van der Waals surface area contributed by atoms with Gasteiger partial charge in [0.25, 0.3) is 0 Å². The van der Waals surface area contributed by atoms with Gasteiger partial charge in [0.1, 0.15) is 0 Å². The molecule has 4 heteroatoms. The Morgan fingerprint density at radius 2 is 1.93 bits per heavy atom. The van der Waals surface area contributed by atoms with Crippen molar-refractivity contribution in [2.75, 3.05) is 5.32 Å². The highest BCUT2D eigenvalue weighted by atomic mass is 16.3. The van der Waals surface area contributed by atoms with Crippen LogP contribution in [0.15, 0.2) is 6.07 Å². The summed E-state index contributed by atoms with van der Waals surface area (Å²) >= 11 is 0. The standard InChI is InChI=1S/C10H15N3O/c1-6-5-7(2)12-10(11-6)13-8-3-4-9(8)14/h5,8-9,14H,3-4H2,1-2H3,(H,11,12,13). The molecule has 14 heavy (non-hydrogen) atoms. The first-order valence-electron chi connectivity index (χ1n) is 4.92. The van der Waals surface area contributed by atoms with Crippen molar-refractivity contribution in [2.45, 2.75) is 38.8 Å². The molecule has 0 aromatic carbocycles. The predicted octanol–water partition coefficient (Wildman–Crippen LogP) is 1.03. The first kappa shape index (κ1) is 9.40. The van der Waals surface area contributed by atoms with Crippen LogP contribution in [0, 0.1) is 13.8 Å². The minimum atomic E-state index is -0.237. The number of nitrogens with zero attached hydrogens (tertiary/aromatic N) is 2. The molecule has 1 saturated carbocycles. The van der Waals surface area contributed by atoms with Crippen molar-refractivity contribution in [3.63, 3.8) is 0 Å². The van der Waals surface area contributed by atoms with Crippen molar-refractivity contribution in [3.05, 3.63) is 17.5 Å². The molecule has 0 spiro atoms. The van der Waals surface area contributed by atoms with E-state index in [9.17, 15) is 5.11 Å². The van der Waals surface area contributed by atoms with Gasteiger partial charge in [-0.05, 0) is 32.8 Å². The van der Waals surface area contributed by atoms with E-state index in [1.807, 2.05) is 19.9 Å². The van der Waals surface area contributed by atoms with E-state index in [0.29, 0.717) is 5.95 Å². The maximum atomic E-state index is 9.39. The third-order valence-corrected chi connectivity index (χ3v) is 2.53. The second kappa shape index (κ2) is 3.53. The highest BCUT2D eigenvalue weighted by Gasteiger charge is 2.29. The van der Waals surface area contributed by atoms with Crippen molar-refractivity contribution < 1.29 is 5.11 Å². The van der Waals surface area contributed by atoms with Crippen LogP contribution in [0.5, 0.6) is 0 Å². The number of aliphatic hydroxyl groups is 1. The van der Waals surface area contributed by atoms with Gasteiger partial charge in [-0.15, -0.1) is 0 Å². The first-order chi connectivity index (χ1) is 6.65. The molecule has 2 rings (SSSR count). The molecule has 1 aliphatic rings. The van der Waals surface area contributed by atoms with E-state index in [1.54, 1.807) is 0 Å². The summed E-state index contributed by atoms with van der Waals surface area (Å²) < 4.78 is 0. The Labute approximate surface area is 83.4 Å². The minimum Gasteiger partial charge on any atom is -0.391 e. The second-order valence-corrected chi connectivity index (χ2v) is 3.87. The number of aryl methyl sites for hydroxylation is 2. The van der Waals surface area contributed by atoms with Crippen molar-refractivity contribution in [1.82, 2.24) is 9.97 Å². The van der Waals surface area contributed by atoms with Gasteiger partial charge >= 0.3 is 0 Å². The fourth-order valence-electron chi connectivity index (χ4n) is 1.61. The average Bonchev–Trinajstić information content (AvgIpc) is 2.10. The molecule has 2 unspecified atom stereocenters. The van der Waals surface area contributed by atoms with E-state index in [0.717, 1.165) is 24.2 Å². The monoisotopic (exact) mass is 193 g/mol. The molecule has 4 nitrogen and oxygen atoms in total. The van der Waals surface area contributed by atoms with Gasteiger partial charge in [0.2, 0.25) is 5.95 Å². The quantitative estimate of drug-likeness (QED) is 0.736. The Kier molecular flexibility index (Phi) is 2.37. The van der Waals surface area contributed by atoms with E-state index < -0.39 is 0 Å². The molecule has 1 aromatic rings. The normalized spacial score (nSPS) is 25.6. The summed E-state index contributed by atoms with van der Waals surface area (Å²) in [7, 11) is 0. The third kappa shape index (κ3) is 1.85. The summed E-state index contributed by atoms with van der Waals surface area (Å²) in [6.07, 6.45) is 1.64. The van der Waals surface area contributed by atoms with Crippen LogP contribution in [0.3, 0.4) is 0 Å². The number of aliphatic hydroxyl groups excluding tert-OH is 1. The van der Waals surface area contributed by atoms with Crippen molar-refractivity contribution in [2.24, 2.45) is 0 Å². The molecular weight excluding hydrogens is 178 g/mol. The molecule has 0 amide bonds. The van der Waals surface area contributed by atoms with E-state index in [4.69, 9.17) is 0 Å². The molecule has 1 aliphatic carbocycles. The Hall–Kier alpha value is -1.16. The molecule has 76 valence electrons. The van der Waals surface area contributed by atoms with Gasteiger partial charge in [0, 0.05) is 11.4 Å². The van der Waals surface area contributed by atoms with Crippen LogP contribution in [0.2, 0.25) is 0 Å². The van der Waals surface area contributed by atoms with Crippen LogP contribution < -0.4 is 5.32 Å². The molecule has 0 saturated heterocycles. The Morgan fingerprint density at radius 3 is 2.36 bits per heavy atom. The molecule has 0 aliphatic heterocycles. The van der Waals surface area contributed by atoms with E-state index in [1.165, 1.54) is 0 Å². The fourth-order valence-corrected chi connectivity index (χ4v) is 1.61. The number of aromatic nitrogens is 2. The molecular formula is C10H15N3O. The van der Waals surface area contributed by atoms with Gasteiger partial charge in [0.15, 0.2) is 0 Å². The summed E-state index contributed by atoms with van der Waals surface area (Å²) in [6, 6.07) is 2.07. The van der Waals surface area contributed by atoms with Gasteiger partial charge < -0.3 is 10.4 Å². The lowest BCUT2D eigenvalue weighted by Gasteiger charge is -2.32. The van der Waals surface area contributed by atoms with Crippen LogP contribution in [0.1, 0.15) is 24.2 Å². The van der Waals surface area contributed by atoms with Crippen molar-refractivity contribution in [1.29, 1.82) is 0 Å². The first-order valence-corrected chi connectivity index (χ1v) is 4.92. The van der Waals surface area contributed by atoms with Gasteiger partial charge in [-0.25, -0.2) is 9.97 Å². The number of hydrogen-bond acceptors (Lipinski definition) is 4. The molecule has 0 bridgehead atoms. The summed E-state index contributed by atoms with van der Waals surface area (Å²) in [5, 5.41) is 12.5. The zero-order chi connectivity index (χ0) is 10.1. The molecule has 1 aromatic heterocycles. The van der Waals surface area contributed by atoms with E-state index in [2.05, 4.69) is 15.3 Å². The molecule has 2 atom stereocenters. The van der Waals surface area contributed by atoms with Crippen LogP contribution >= 0.6 is 0 Å². The average molecular weight is 193 g/mol. The highest BCUT2D eigenvalue weighted by molar-refractivity contribution is 5.30. The number of hydrogen-bond donors (Lipinski definition) is 2. The SMILES string of the molecule is Cc1cc(C)nc(NC2CCC2O)n1. The highest BCUT2D eigenvalue weighted by Crippen LogP contribution is 2.22. The molecule has 1 heterocycles. The van der Waals surface area contributed by atoms with Crippen LogP contribution in [-0.4, -0.2) is 27.2 Å². The maximum Gasteiger partial charge on any atom is 0.223 e. The molecule has 1 fully saturated rings. The van der Waals surface area contributed by atoms with Crippen LogP contribution in [-0.2, 0) is 0 Å². The van der Waals surface area contributed by atoms with Gasteiger partial charge in [0.05, 0.1) is 12.1 Å². The Morgan fingerprint density at radius 1 is 1.29 bits per heavy atom. The zero-order valence-electron chi connectivity index (χ0n) is 8.49. The van der Waals surface area contributed by atoms with Crippen molar-refractivity contribution in [3.8, 4) is 0 Å². The van der Waals surface area contributed by atoms with Crippen LogP contribution in [0.4, 0.5) is 5.95 Å². The lowest BCUT2D eigenvalue weighted by molar-refractivity contribution is 0.0782. The van der Waals surface area contributed by atoms with Crippen LogP contribution in [0.25, 0.3) is 0 Å². The zero-order valence-corrected chi connectivity index (χ0v) is 8.49. The second-order valence-electron chi connectivity index (χ2n) is 3.87. The number of rotatable bonds is 2. The largest absolute Gasteiger partial charge is 0.391 e. The summed E-state index contributed by atoms with van der Waals surface area (Å²) in [5.41, 5.74) is 1.91. The number of nitrogens with one attached hydrogen (secondary N) is 1. The van der Waals surface area contributed by atoms with E-state index in [-0.39, 0.29) is 12.1 Å². The fraction of sp³-hybridized carbons (Fsp3) is 0.600. The minimum absolute atomic E-state index is 0.135. The topological polar surface area (TPSA) is 58.0 Å². The molecule has 2 N–H and O–H groups in total. The lowest BCUT2D eigenvalue weighted by atomic mass is 9.89. The number of anilines is 1. The Balaban J connectivity index is 2.08. The third-order valence-electron chi connectivity index (χ3n) is 2.53. The van der Waals surface area contributed by atoms with Crippen molar-refractivity contribution >= 4 is 5.95 Å². The molecule has 0 radical (unpaired) electrons. The summed E-state index contributed by atoms with van der Waals surface area (Å²) in [4.78, 5) is 8.51. The summed E-state index contributed by atoms with van der Waals surface area (Å²) in [6.45, 7) is 3.88. The van der Waals surface area contributed by atoms with Gasteiger partial charge in [-0.2, -0.15) is 0 Å². The Bertz CT molecular complexity index is 320. The maximum absolute atomic E-state index is 9.39.